The predicted molar refractivity (Wildman–Crippen MR) is 110 cm³/mol. The standard InChI is InChI=1S/C19H24N8O2/c20-17(21)27-19(29)25-9-12-4-3-5-13(8-12)14-10-23-18(24-11-14)26-15-6-1-2-7-22-16(15)28/h3-5,8,10-11,15H,1-2,6-7,9H2,(H,22,28)(H,23,24,26)(H5,20,21,25,27,29). The third-order valence-corrected chi connectivity index (χ3v) is 4.43. The highest BCUT2D eigenvalue weighted by Gasteiger charge is 2.21. The summed E-state index contributed by atoms with van der Waals surface area (Å²) in [5, 5.41) is 8.58. The summed E-state index contributed by atoms with van der Waals surface area (Å²) in [6.07, 6.45) is 6.10. The number of amides is 3. The summed E-state index contributed by atoms with van der Waals surface area (Å²) < 4.78 is 0. The van der Waals surface area contributed by atoms with Gasteiger partial charge in [-0.2, -0.15) is 4.99 Å². The predicted octanol–water partition coefficient (Wildman–Crippen LogP) is 0.707. The minimum Gasteiger partial charge on any atom is -0.370 e. The average molecular weight is 396 g/mol. The Hall–Kier alpha value is -3.69. The van der Waals surface area contributed by atoms with E-state index in [1.54, 1.807) is 12.4 Å². The van der Waals surface area contributed by atoms with Gasteiger partial charge in [-0.05, 0) is 36.5 Å². The first kappa shape index (κ1) is 20.1. The lowest BCUT2D eigenvalue weighted by molar-refractivity contribution is -0.121. The molecule has 0 radical (unpaired) electrons. The van der Waals surface area contributed by atoms with E-state index in [0.29, 0.717) is 12.5 Å². The third kappa shape index (κ3) is 5.89. The number of carbonyl (C=O) groups is 2. The minimum atomic E-state index is -0.600. The smallest absolute Gasteiger partial charge is 0.344 e. The number of carbonyl (C=O) groups excluding carboxylic acids is 2. The Morgan fingerprint density at radius 3 is 2.76 bits per heavy atom. The maximum atomic E-state index is 12.0. The number of urea groups is 1. The fourth-order valence-corrected chi connectivity index (χ4v) is 2.98. The number of nitrogens with one attached hydrogen (secondary N) is 3. The van der Waals surface area contributed by atoms with Crippen molar-refractivity contribution >= 4 is 23.8 Å². The topological polar surface area (TPSA) is 160 Å². The number of anilines is 1. The van der Waals surface area contributed by atoms with Gasteiger partial charge in [0.25, 0.3) is 0 Å². The van der Waals surface area contributed by atoms with E-state index in [1.165, 1.54) is 0 Å². The van der Waals surface area contributed by atoms with E-state index < -0.39 is 6.03 Å². The van der Waals surface area contributed by atoms with E-state index in [2.05, 4.69) is 30.9 Å². The van der Waals surface area contributed by atoms with Crippen molar-refractivity contribution in [3.8, 4) is 11.1 Å². The van der Waals surface area contributed by atoms with Gasteiger partial charge in [0, 0.05) is 31.0 Å². The largest absolute Gasteiger partial charge is 0.370 e. The number of rotatable bonds is 5. The second kappa shape index (κ2) is 9.49. The molecule has 1 saturated heterocycles. The molecule has 3 amide bonds. The molecular formula is C19H24N8O2. The maximum absolute atomic E-state index is 12.0. The molecule has 1 aromatic heterocycles. The fraction of sp³-hybridized carbons (Fsp3) is 0.316. The van der Waals surface area contributed by atoms with Crippen LogP contribution >= 0.6 is 0 Å². The van der Waals surface area contributed by atoms with Gasteiger partial charge < -0.3 is 27.4 Å². The summed E-state index contributed by atoms with van der Waals surface area (Å²) in [4.78, 5) is 35.6. The SMILES string of the molecule is NC(N)=NC(=O)NCc1cccc(-c2cnc(NC3CCCCNC3=O)nc2)c1. The number of benzene rings is 1. The summed E-state index contributed by atoms with van der Waals surface area (Å²) >= 11 is 0. The lowest BCUT2D eigenvalue weighted by Gasteiger charge is -2.15. The molecule has 1 aliphatic rings. The van der Waals surface area contributed by atoms with E-state index in [4.69, 9.17) is 11.5 Å². The highest BCUT2D eigenvalue weighted by atomic mass is 16.2. The van der Waals surface area contributed by atoms with Crippen molar-refractivity contribution in [1.29, 1.82) is 0 Å². The van der Waals surface area contributed by atoms with Crippen molar-refractivity contribution in [3.63, 3.8) is 0 Å². The monoisotopic (exact) mass is 396 g/mol. The summed E-state index contributed by atoms with van der Waals surface area (Å²) in [5.41, 5.74) is 12.9. The number of nitrogens with zero attached hydrogens (tertiary/aromatic N) is 3. The number of guanidine groups is 1. The Balaban J connectivity index is 1.64. The van der Waals surface area contributed by atoms with Crippen molar-refractivity contribution < 1.29 is 9.59 Å². The van der Waals surface area contributed by atoms with Gasteiger partial charge in [-0.25, -0.2) is 14.8 Å². The van der Waals surface area contributed by atoms with Crippen molar-refractivity contribution in [2.75, 3.05) is 11.9 Å². The van der Waals surface area contributed by atoms with Crippen molar-refractivity contribution in [3.05, 3.63) is 42.2 Å². The molecule has 0 spiro atoms. The van der Waals surface area contributed by atoms with Crippen LogP contribution in [0.5, 0.6) is 0 Å². The Labute approximate surface area is 168 Å². The lowest BCUT2D eigenvalue weighted by atomic mass is 10.1. The average Bonchev–Trinajstić information content (AvgIpc) is 2.91. The molecule has 2 heterocycles. The Morgan fingerprint density at radius 1 is 1.21 bits per heavy atom. The van der Waals surface area contributed by atoms with Gasteiger partial charge in [0.15, 0.2) is 5.96 Å². The molecule has 1 fully saturated rings. The van der Waals surface area contributed by atoms with E-state index >= 15 is 0 Å². The van der Waals surface area contributed by atoms with E-state index in [-0.39, 0.29) is 24.5 Å². The molecule has 0 aliphatic carbocycles. The van der Waals surface area contributed by atoms with Crippen LogP contribution in [0.15, 0.2) is 41.7 Å². The number of aliphatic imine (C=N–C) groups is 1. The van der Waals surface area contributed by atoms with Gasteiger partial charge in [-0.1, -0.05) is 18.2 Å². The molecular weight excluding hydrogens is 372 g/mol. The van der Waals surface area contributed by atoms with Gasteiger partial charge in [0.2, 0.25) is 11.9 Å². The van der Waals surface area contributed by atoms with Crippen LogP contribution < -0.4 is 27.4 Å². The van der Waals surface area contributed by atoms with E-state index in [9.17, 15) is 9.59 Å². The molecule has 7 N–H and O–H groups in total. The Bertz CT molecular complexity index is 893. The van der Waals surface area contributed by atoms with Crippen LogP contribution in [-0.4, -0.2) is 40.5 Å². The number of nitrogens with two attached hydrogens (primary N) is 2. The summed E-state index contributed by atoms with van der Waals surface area (Å²) in [6.45, 7) is 0.986. The first-order chi connectivity index (χ1) is 14.0. The van der Waals surface area contributed by atoms with Gasteiger partial charge in [-0.3, -0.25) is 4.79 Å². The summed E-state index contributed by atoms with van der Waals surface area (Å²) in [7, 11) is 0. The first-order valence-corrected chi connectivity index (χ1v) is 9.34. The zero-order chi connectivity index (χ0) is 20.6. The Kier molecular flexibility index (Phi) is 6.56. The van der Waals surface area contributed by atoms with Crippen molar-refractivity contribution in [1.82, 2.24) is 20.6 Å². The quantitative estimate of drug-likeness (QED) is 0.367. The van der Waals surface area contributed by atoms with Crippen LogP contribution in [-0.2, 0) is 11.3 Å². The molecule has 3 rings (SSSR count). The number of hydrogen-bond acceptors (Lipinski definition) is 5. The molecule has 29 heavy (non-hydrogen) atoms. The zero-order valence-corrected chi connectivity index (χ0v) is 15.9. The minimum absolute atomic E-state index is 0.0225. The van der Waals surface area contributed by atoms with Crippen LogP contribution in [0.4, 0.5) is 10.7 Å². The second-order valence-corrected chi connectivity index (χ2v) is 6.67. The second-order valence-electron chi connectivity index (χ2n) is 6.67. The fourth-order valence-electron chi connectivity index (χ4n) is 2.98. The van der Waals surface area contributed by atoms with Crippen LogP contribution in [0, 0.1) is 0 Å². The third-order valence-electron chi connectivity index (χ3n) is 4.43. The lowest BCUT2D eigenvalue weighted by Crippen LogP contribution is -2.38. The van der Waals surface area contributed by atoms with Gasteiger partial charge in [0.1, 0.15) is 6.04 Å². The molecule has 152 valence electrons. The van der Waals surface area contributed by atoms with E-state index in [0.717, 1.165) is 36.0 Å². The van der Waals surface area contributed by atoms with Gasteiger partial charge in [0.05, 0.1) is 0 Å². The van der Waals surface area contributed by atoms with Crippen LogP contribution in [0.1, 0.15) is 24.8 Å². The molecule has 10 heteroatoms. The molecule has 1 aliphatic heterocycles. The molecule has 10 nitrogen and oxygen atoms in total. The van der Waals surface area contributed by atoms with Gasteiger partial charge in [-0.15, -0.1) is 0 Å². The normalized spacial score (nSPS) is 16.3. The maximum Gasteiger partial charge on any atom is 0.344 e. The van der Waals surface area contributed by atoms with Crippen molar-refractivity contribution in [2.45, 2.75) is 31.8 Å². The van der Waals surface area contributed by atoms with Crippen molar-refractivity contribution in [2.24, 2.45) is 16.5 Å². The Morgan fingerprint density at radius 2 is 2.00 bits per heavy atom. The molecule has 0 bridgehead atoms. The van der Waals surface area contributed by atoms with E-state index in [1.807, 2.05) is 24.3 Å². The molecule has 1 aromatic carbocycles. The highest BCUT2D eigenvalue weighted by molar-refractivity contribution is 5.90. The van der Waals surface area contributed by atoms with Gasteiger partial charge >= 0.3 is 6.03 Å². The summed E-state index contributed by atoms with van der Waals surface area (Å²) in [5.74, 6) is 0.102. The van der Waals surface area contributed by atoms with Crippen LogP contribution in [0.25, 0.3) is 11.1 Å². The molecule has 1 unspecified atom stereocenters. The molecule has 2 aromatic rings. The molecule has 0 saturated carbocycles. The number of hydrogen-bond donors (Lipinski definition) is 5. The zero-order valence-electron chi connectivity index (χ0n) is 15.9. The first-order valence-electron chi connectivity index (χ1n) is 9.34. The summed E-state index contributed by atoms with van der Waals surface area (Å²) in [6, 6.07) is 6.67. The molecule has 1 atom stereocenters. The highest BCUT2D eigenvalue weighted by Crippen LogP contribution is 2.20. The van der Waals surface area contributed by atoms with Crippen LogP contribution in [0.3, 0.4) is 0 Å². The number of aromatic nitrogens is 2. The van der Waals surface area contributed by atoms with Crippen LogP contribution in [0.2, 0.25) is 0 Å².